The molecule has 2 aromatic rings. The molecule has 1 aliphatic heterocycles. The van der Waals surface area contributed by atoms with Gasteiger partial charge in [0.1, 0.15) is 5.75 Å². The molecular weight excluding hydrogens is 504 g/mol. The molecule has 1 heterocycles. The number of aryl methyl sites for hydroxylation is 1. The number of phenols is 1. The van der Waals surface area contributed by atoms with Gasteiger partial charge in [-0.1, -0.05) is 47.5 Å². The minimum absolute atomic E-state index is 0.0972. The molecule has 0 unspecified atom stereocenters. The number of amidine groups is 1. The van der Waals surface area contributed by atoms with Crippen LogP contribution < -0.4 is 0 Å². The summed E-state index contributed by atoms with van der Waals surface area (Å²) < 4.78 is 1.38. The lowest BCUT2D eigenvalue weighted by Gasteiger charge is -2.17. The van der Waals surface area contributed by atoms with Crippen LogP contribution in [0.4, 0.5) is 5.69 Å². The molecule has 1 fully saturated rings. The molecule has 1 N–H and O–H groups in total. The normalized spacial score (nSPS) is 17.4. The fraction of sp³-hybridized carbons (Fsp3) is 0.238. The van der Waals surface area contributed by atoms with Crippen molar-refractivity contribution in [2.24, 2.45) is 10.9 Å². The molecule has 2 aromatic carbocycles. The second-order valence-electron chi connectivity index (χ2n) is 6.98. The molecule has 0 aromatic heterocycles. The zero-order valence-corrected chi connectivity index (χ0v) is 19.7. The predicted molar refractivity (Wildman–Crippen MR) is 124 cm³/mol. The molecule has 0 saturated carbocycles. The van der Waals surface area contributed by atoms with Gasteiger partial charge in [0.15, 0.2) is 5.17 Å². The first-order valence-electron chi connectivity index (χ1n) is 8.79. The van der Waals surface area contributed by atoms with Gasteiger partial charge < -0.3 is 5.11 Å². The van der Waals surface area contributed by atoms with E-state index in [9.17, 15) is 9.90 Å². The molecule has 1 aliphatic rings. The van der Waals surface area contributed by atoms with Crippen molar-refractivity contribution < 1.29 is 9.90 Å². The number of phenolic OH excluding ortho intramolecular Hbond substituents is 1. The van der Waals surface area contributed by atoms with Gasteiger partial charge in [0.25, 0.3) is 5.91 Å². The van der Waals surface area contributed by atoms with Crippen LogP contribution in [-0.4, -0.2) is 27.6 Å². The van der Waals surface area contributed by atoms with Gasteiger partial charge in [0.2, 0.25) is 0 Å². The Hall–Kier alpha value is -1.57. The topological polar surface area (TPSA) is 52.9 Å². The minimum atomic E-state index is -0.0972. The highest BCUT2D eigenvalue weighted by atomic mass is 79.9. The van der Waals surface area contributed by atoms with E-state index in [1.165, 1.54) is 11.8 Å². The van der Waals surface area contributed by atoms with E-state index in [2.05, 4.69) is 45.7 Å². The lowest BCUT2D eigenvalue weighted by molar-refractivity contribution is -0.122. The summed E-state index contributed by atoms with van der Waals surface area (Å²) in [6, 6.07) is 11.4. The largest absolute Gasteiger partial charge is 0.506 e. The first-order chi connectivity index (χ1) is 13.2. The zero-order valence-electron chi connectivity index (χ0n) is 15.7. The maximum absolute atomic E-state index is 13.0. The monoisotopic (exact) mass is 522 g/mol. The Morgan fingerprint density at radius 3 is 2.54 bits per heavy atom. The van der Waals surface area contributed by atoms with Gasteiger partial charge in [0.05, 0.1) is 15.1 Å². The van der Waals surface area contributed by atoms with Crippen LogP contribution in [0, 0.1) is 12.8 Å². The first-order valence-corrected chi connectivity index (χ1v) is 11.2. The van der Waals surface area contributed by atoms with E-state index in [1.54, 1.807) is 23.1 Å². The van der Waals surface area contributed by atoms with Crippen molar-refractivity contribution in [3.05, 3.63) is 61.4 Å². The van der Waals surface area contributed by atoms with Crippen LogP contribution in [0.15, 0.2) is 55.2 Å². The van der Waals surface area contributed by atoms with E-state index >= 15 is 0 Å². The molecule has 7 heteroatoms. The Morgan fingerprint density at radius 1 is 1.21 bits per heavy atom. The van der Waals surface area contributed by atoms with Gasteiger partial charge in [-0.05, 0) is 70.9 Å². The summed E-state index contributed by atoms with van der Waals surface area (Å²) in [5.74, 6) is 0.309. The van der Waals surface area contributed by atoms with E-state index in [-0.39, 0.29) is 11.7 Å². The van der Waals surface area contributed by atoms with Crippen LogP contribution in [0.5, 0.6) is 5.75 Å². The zero-order chi connectivity index (χ0) is 20.4. The van der Waals surface area contributed by atoms with Crippen LogP contribution in [0.2, 0.25) is 0 Å². The fourth-order valence-electron chi connectivity index (χ4n) is 2.68. The molecular formula is C21H20Br2N2O2S. The molecule has 0 radical (unpaired) electrons. The van der Waals surface area contributed by atoms with Crippen molar-refractivity contribution in [2.45, 2.75) is 20.8 Å². The molecule has 3 rings (SSSR count). The summed E-state index contributed by atoms with van der Waals surface area (Å²) in [5, 5.41) is 11.0. The van der Waals surface area contributed by atoms with Crippen molar-refractivity contribution in [1.29, 1.82) is 0 Å². The Morgan fingerprint density at radius 2 is 1.89 bits per heavy atom. The molecule has 1 amide bonds. The standard InChI is InChI=1S/C21H20Br2N2O2S/c1-12(2)11-25-20(27)18(9-14-8-15(22)10-17(23)19(14)26)28-21(25)24-16-6-4-13(3)5-7-16/h4-10,12,26H,11H2,1-3H3/b18-9+,24-21?. The van der Waals surface area contributed by atoms with Crippen molar-refractivity contribution in [3.8, 4) is 5.75 Å². The van der Waals surface area contributed by atoms with Crippen LogP contribution >= 0.6 is 43.6 Å². The summed E-state index contributed by atoms with van der Waals surface area (Å²) in [6.45, 7) is 6.75. The molecule has 0 aliphatic carbocycles. The molecule has 146 valence electrons. The highest BCUT2D eigenvalue weighted by Crippen LogP contribution is 2.38. The number of amides is 1. The van der Waals surface area contributed by atoms with E-state index in [0.29, 0.717) is 32.6 Å². The quantitative estimate of drug-likeness (QED) is 0.466. The Bertz CT molecular complexity index is 969. The van der Waals surface area contributed by atoms with E-state index in [0.717, 1.165) is 15.7 Å². The number of hydrogen-bond donors (Lipinski definition) is 1. The third kappa shape index (κ3) is 4.88. The van der Waals surface area contributed by atoms with Crippen LogP contribution in [0.1, 0.15) is 25.0 Å². The number of nitrogens with zero attached hydrogens (tertiary/aromatic N) is 2. The number of benzene rings is 2. The highest BCUT2D eigenvalue weighted by molar-refractivity contribution is 9.11. The summed E-state index contributed by atoms with van der Waals surface area (Å²) in [4.78, 5) is 20.0. The van der Waals surface area contributed by atoms with Crippen molar-refractivity contribution in [1.82, 2.24) is 4.90 Å². The first kappa shape index (κ1) is 21.1. The summed E-state index contributed by atoms with van der Waals surface area (Å²) in [6.07, 6.45) is 1.71. The molecule has 0 atom stereocenters. The van der Waals surface area contributed by atoms with Gasteiger partial charge >= 0.3 is 0 Å². The van der Waals surface area contributed by atoms with E-state index in [1.807, 2.05) is 31.2 Å². The van der Waals surface area contributed by atoms with Crippen LogP contribution in [0.25, 0.3) is 6.08 Å². The van der Waals surface area contributed by atoms with Crippen LogP contribution in [-0.2, 0) is 4.79 Å². The average Bonchev–Trinajstić information content (AvgIpc) is 2.89. The number of carbonyl (C=O) groups excluding carboxylic acids is 1. The number of aromatic hydroxyl groups is 1. The third-order valence-corrected chi connectivity index (χ3v) is 6.11. The molecule has 28 heavy (non-hydrogen) atoms. The number of rotatable bonds is 4. The van der Waals surface area contributed by atoms with Crippen molar-refractivity contribution in [2.75, 3.05) is 6.54 Å². The smallest absolute Gasteiger partial charge is 0.266 e. The van der Waals surface area contributed by atoms with E-state index in [4.69, 9.17) is 4.99 Å². The fourth-order valence-corrected chi connectivity index (χ4v) is 4.94. The summed E-state index contributed by atoms with van der Waals surface area (Å²) >= 11 is 8.08. The highest BCUT2D eigenvalue weighted by Gasteiger charge is 2.34. The number of halogens is 2. The van der Waals surface area contributed by atoms with Gasteiger partial charge in [-0.15, -0.1) is 0 Å². The second-order valence-corrected chi connectivity index (χ2v) is 9.75. The number of carbonyl (C=O) groups is 1. The van der Waals surface area contributed by atoms with Gasteiger partial charge in [-0.2, -0.15) is 0 Å². The van der Waals surface area contributed by atoms with Gasteiger partial charge in [-0.3, -0.25) is 9.69 Å². The number of hydrogen-bond acceptors (Lipinski definition) is 4. The Labute approximate surface area is 186 Å². The van der Waals surface area contributed by atoms with Gasteiger partial charge in [0, 0.05) is 16.6 Å². The maximum Gasteiger partial charge on any atom is 0.266 e. The predicted octanol–water partition coefficient (Wildman–Crippen LogP) is 6.49. The average molecular weight is 524 g/mol. The lowest BCUT2D eigenvalue weighted by atomic mass is 10.1. The Balaban J connectivity index is 2.01. The number of thioether (sulfide) groups is 1. The lowest BCUT2D eigenvalue weighted by Crippen LogP contribution is -2.32. The minimum Gasteiger partial charge on any atom is -0.506 e. The summed E-state index contributed by atoms with van der Waals surface area (Å²) in [7, 11) is 0. The maximum atomic E-state index is 13.0. The van der Waals surface area contributed by atoms with E-state index < -0.39 is 0 Å². The molecule has 4 nitrogen and oxygen atoms in total. The summed E-state index contributed by atoms with van der Waals surface area (Å²) in [5.41, 5.74) is 2.54. The van der Waals surface area contributed by atoms with Crippen molar-refractivity contribution in [3.63, 3.8) is 0 Å². The molecule has 1 saturated heterocycles. The third-order valence-electron chi connectivity index (χ3n) is 4.04. The SMILES string of the molecule is Cc1ccc(N=C2S/C(=C/c3cc(Br)cc(Br)c3O)C(=O)N2CC(C)C)cc1. The second kappa shape index (κ2) is 8.84. The molecule has 0 spiro atoms. The van der Waals surface area contributed by atoms with Crippen molar-refractivity contribution >= 4 is 66.5 Å². The van der Waals surface area contributed by atoms with Gasteiger partial charge in [-0.25, -0.2) is 4.99 Å². The van der Waals surface area contributed by atoms with Crippen LogP contribution in [0.3, 0.4) is 0 Å². The molecule has 0 bridgehead atoms. The Kier molecular flexibility index (Phi) is 6.68. The number of aliphatic imine (C=N–C) groups is 1.